The van der Waals surface area contributed by atoms with Gasteiger partial charge in [-0.15, -0.1) is 0 Å². The van der Waals surface area contributed by atoms with Gasteiger partial charge in [-0.25, -0.2) is 17.1 Å². The molecule has 0 aromatic heterocycles. The Morgan fingerprint density at radius 1 is 1.19 bits per heavy atom. The van der Waals surface area contributed by atoms with Gasteiger partial charge in [0.15, 0.2) is 0 Å². The summed E-state index contributed by atoms with van der Waals surface area (Å²) in [7, 11) is 0.480. The molecule has 2 atom stereocenters. The highest BCUT2D eigenvalue weighted by atomic mass is 35.5. The Balaban J connectivity index is 1.55. The topological polar surface area (TPSA) is 79.4 Å². The van der Waals surface area contributed by atoms with Crippen molar-refractivity contribution in [2.45, 2.75) is 23.5 Å². The van der Waals surface area contributed by atoms with Crippen LogP contribution in [0.4, 0.5) is 4.39 Å². The number of piperazine rings is 1. The molecule has 1 amide bonds. The number of nitrogens with zero attached hydrogens (tertiary/aromatic N) is 3. The van der Waals surface area contributed by atoms with Crippen LogP contribution in [0.15, 0.2) is 47.4 Å². The molecule has 2 heterocycles. The van der Waals surface area contributed by atoms with Gasteiger partial charge in [0, 0.05) is 39.8 Å². The Labute approximate surface area is 215 Å². The predicted octanol–water partition coefficient (Wildman–Crippen LogP) is 2.86. The van der Waals surface area contributed by atoms with E-state index in [1.807, 2.05) is 4.90 Å². The standard InChI is InChI=1S/C25H29ClFN3O5S/c1-28(2)36(32,33)24-11-22(26)23(34-3)10-18(24)6-9-25(31)30-20-13-29(14-21(30)16-35-15-20)12-17-4-7-19(27)8-5-17/h4-11,20-21H,12-16H2,1-3H3. The van der Waals surface area contributed by atoms with E-state index in [-0.39, 0.29) is 33.7 Å². The van der Waals surface area contributed by atoms with Crippen LogP contribution >= 0.6 is 11.6 Å². The van der Waals surface area contributed by atoms with Crippen LogP contribution in [0.2, 0.25) is 5.02 Å². The number of rotatable bonds is 7. The minimum atomic E-state index is -3.82. The third-order valence-corrected chi connectivity index (χ3v) is 8.53. The highest BCUT2D eigenvalue weighted by molar-refractivity contribution is 7.89. The molecule has 0 aliphatic carbocycles. The van der Waals surface area contributed by atoms with E-state index in [0.29, 0.717) is 44.2 Å². The number of sulfonamides is 1. The molecule has 8 nitrogen and oxygen atoms in total. The first-order chi connectivity index (χ1) is 17.1. The van der Waals surface area contributed by atoms with Crippen molar-refractivity contribution in [1.29, 1.82) is 0 Å². The van der Waals surface area contributed by atoms with E-state index in [9.17, 15) is 17.6 Å². The van der Waals surface area contributed by atoms with Crippen LogP contribution in [0.3, 0.4) is 0 Å². The van der Waals surface area contributed by atoms with Gasteiger partial charge in [-0.3, -0.25) is 9.69 Å². The summed E-state index contributed by atoms with van der Waals surface area (Å²) in [5.41, 5.74) is 1.30. The second kappa shape index (κ2) is 10.9. The van der Waals surface area contributed by atoms with Crippen LogP contribution in [-0.2, 0) is 26.1 Å². The van der Waals surface area contributed by atoms with Crippen LogP contribution in [0.5, 0.6) is 5.75 Å². The van der Waals surface area contributed by atoms with Gasteiger partial charge >= 0.3 is 0 Å². The average molecular weight is 538 g/mol. The van der Waals surface area contributed by atoms with Gasteiger partial charge in [0.05, 0.1) is 42.3 Å². The second-order valence-electron chi connectivity index (χ2n) is 9.06. The first kappa shape index (κ1) is 26.6. The Kier molecular flexibility index (Phi) is 8.01. The van der Waals surface area contributed by atoms with E-state index in [2.05, 4.69) is 4.90 Å². The van der Waals surface area contributed by atoms with Crippen LogP contribution in [-0.4, -0.2) is 88.0 Å². The fraction of sp³-hybridized carbons (Fsp3) is 0.400. The molecule has 2 aliphatic heterocycles. The lowest BCUT2D eigenvalue weighted by Crippen LogP contribution is -2.65. The third kappa shape index (κ3) is 5.57. The molecular formula is C25H29ClFN3O5S. The third-order valence-electron chi connectivity index (χ3n) is 6.37. The smallest absolute Gasteiger partial charge is 0.247 e. The van der Waals surface area contributed by atoms with E-state index in [1.54, 1.807) is 12.1 Å². The van der Waals surface area contributed by atoms with Crippen LogP contribution in [0.25, 0.3) is 6.08 Å². The number of hydrogen-bond donors (Lipinski definition) is 0. The zero-order valence-electron chi connectivity index (χ0n) is 20.4. The van der Waals surface area contributed by atoms with Crippen molar-refractivity contribution in [3.05, 3.63) is 64.4 Å². The predicted molar refractivity (Wildman–Crippen MR) is 135 cm³/mol. The molecule has 0 radical (unpaired) electrons. The fourth-order valence-electron chi connectivity index (χ4n) is 4.59. The number of methoxy groups -OCH3 is 1. The quantitative estimate of drug-likeness (QED) is 0.505. The van der Waals surface area contributed by atoms with Crippen molar-refractivity contribution in [3.63, 3.8) is 0 Å². The van der Waals surface area contributed by atoms with Crippen LogP contribution in [0.1, 0.15) is 11.1 Å². The minimum Gasteiger partial charge on any atom is -0.495 e. The molecule has 2 aliphatic rings. The minimum absolute atomic E-state index is 0.0185. The maximum Gasteiger partial charge on any atom is 0.247 e. The summed E-state index contributed by atoms with van der Waals surface area (Å²) >= 11 is 6.20. The van der Waals surface area contributed by atoms with Gasteiger partial charge in [0.1, 0.15) is 11.6 Å². The van der Waals surface area contributed by atoms with E-state index < -0.39 is 10.0 Å². The van der Waals surface area contributed by atoms with Gasteiger partial charge in [-0.2, -0.15) is 0 Å². The van der Waals surface area contributed by atoms with Crippen molar-refractivity contribution in [3.8, 4) is 5.75 Å². The summed E-state index contributed by atoms with van der Waals surface area (Å²) in [5, 5.41) is 0.158. The maximum atomic E-state index is 13.3. The molecular weight excluding hydrogens is 509 g/mol. The lowest BCUT2D eigenvalue weighted by atomic mass is 10.0. The molecule has 2 bridgehead atoms. The van der Waals surface area contributed by atoms with Gasteiger partial charge < -0.3 is 14.4 Å². The Morgan fingerprint density at radius 3 is 2.42 bits per heavy atom. The number of halogens is 2. The van der Waals surface area contributed by atoms with Gasteiger partial charge in [-0.05, 0) is 41.5 Å². The molecule has 0 N–H and O–H groups in total. The van der Waals surface area contributed by atoms with Crippen molar-refractivity contribution in [2.75, 3.05) is 47.5 Å². The average Bonchev–Trinajstić information content (AvgIpc) is 2.83. The lowest BCUT2D eigenvalue weighted by molar-refractivity contribution is -0.150. The highest BCUT2D eigenvalue weighted by Gasteiger charge is 2.40. The normalized spacial score (nSPS) is 20.8. The molecule has 2 saturated heterocycles. The fourth-order valence-corrected chi connectivity index (χ4v) is 5.98. The van der Waals surface area contributed by atoms with E-state index in [1.165, 1.54) is 57.6 Å². The van der Waals surface area contributed by atoms with Crippen molar-refractivity contribution in [1.82, 2.24) is 14.1 Å². The zero-order valence-corrected chi connectivity index (χ0v) is 21.9. The molecule has 194 valence electrons. The van der Waals surface area contributed by atoms with Gasteiger partial charge in [0.2, 0.25) is 15.9 Å². The second-order valence-corrected chi connectivity index (χ2v) is 11.6. The summed E-state index contributed by atoms with van der Waals surface area (Å²) in [6.07, 6.45) is 2.87. The lowest BCUT2D eigenvalue weighted by Gasteiger charge is -2.49. The Hall–Kier alpha value is -2.50. The summed E-state index contributed by atoms with van der Waals surface area (Å²) in [6, 6.07) is 8.95. The number of ether oxygens (including phenoxy) is 2. The highest BCUT2D eigenvalue weighted by Crippen LogP contribution is 2.32. The van der Waals surface area contributed by atoms with Gasteiger partial charge in [0.25, 0.3) is 0 Å². The Bertz CT molecular complexity index is 1240. The summed E-state index contributed by atoms with van der Waals surface area (Å²) in [6.45, 7) is 2.70. The molecule has 2 fully saturated rings. The number of carbonyl (C=O) groups excluding carboxylic acids is 1. The van der Waals surface area contributed by atoms with Crippen molar-refractivity contribution < 1.29 is 27.1 Å². The van der Waals surface area contributed by atoms with Crippen molar-refractivity contribution in [2.24, 2.45) is 0 Å². The molecule has 4 rings (SSSR count). The monoisotopic (exact) mass is 537 g/mol. The Morgan fingerprint density at radius 2 is 1.83 bits per heavy atom. The summed E-state index contributed by atoms with van der Waals surface area (Å²) < 4.78 is 51.0. The SMILES string of the molecule is COc1cc(C=CC(=O)N2C3COCC2CN(Cc2ccc(F)cc2)C3)c(S(=O)(=O)N(C)C)cc1Cl. The molecule has 2 aromatic carbocycles. The molecule has 2 unspecified atom stereocenters. The summed E-state index contributed by atoms with van der Waals surface area (Å²) in [5.74, 6) is -0.191. The number of carbonyl (C=O) groups is 1. The number of hydrogen-bond acceptors (Lipinski definition) is 6. The number of benzene rings is 2. The van der Waals surface area contributed by atoms with E-state index in [0.717, 1.165) is 9.87 Å². The van der Waals surface area contributed by atoms with E-state index in [4.69, 9.17) is 21.1 Å². The zero-order chi connectivity index (χ0) is 26.0. The maximum absolute atomic E-state index is 13.3. The van der Waals surface area contributed by atoms with Gasteiger partial charge in [-0.1, -0.05) is 23.7 Å². The number of amides is 1. The molecule has 36 heavy (non-hydrogen) atoms. The van der Waals surface area contributed by atoms with Crippen molar-refractivity contribution >= 4 is 33.6 Å². The van der Waals surface area contributed by atoms with Crippen LogP contribution in [0, 0.1) is 5.82 Å². The molecule has 11 heteroatoms. The first-order valence-corrected chi connectivity index (χ1v) is 13.3. The van der Waals surface area contributed by atoms with Crippen LogP contribution < -0.4 is 4.74 Å². The number of fused-ring (bicyclic) bond motifs is 2. The largest absolute Gasteiger partial charge is 0.495 e. The number of morpholine rings is 1. The first-order valence-electron chi connectivity index (χ1n) is 11.4. The summed E-state index contributed by atoms with van der Waals surface area (Å²) in [4.78, 5) is 17.3. The van der Waals surface area contributed by atoms with E-state index >= 15 is 0 Å². The molecule has 2 aromatic rings. The molecule has 0 spiro atoms. The molecule has 0 saturated carbocycles.